The molecule has 1 atom stereocenters. The SMILES string of the molecule is COC(C)(CC(F)(F)C(F)(F)C(F)(F)C(F)(F)C(F)(F)C(F)(F)C(F)(F)F)c1ccc(CC(C)C)cc1. The molecule has 0 aliphatic rings. The van der Waals surface area contributed by atoms with Gasteiger partial charge in [-0.2, -0.15) is 65.9 Å². The normalized spacial score (nSPS) is 16.8. The van der Waals surface area contributed by atoms with Crippen molar-refractivity contribution in [3.63, 3.8) is 0 Å². The van der Waals surface area contributed by atoms with Crippen molar-refractivity contribution in [3.05, 3.63) is 35.4 Å². The molecular weight excluding hydrogens is 553 g/mol. The average molecular weight is 574 g/mol. The molecule has 0 amide bonds. The standard InChI is InChI=1S/C21H21F15O/c1-11(2)9-12-5-7-13(8-6-12)14(3,37-4)10-15(22,23)16(24,25)17(26,27)18(28,29)19(30,31)20(32,33)21(34,35)36/h5-8,11H,9-10H2,1-4H3. The van der Waals surface area contributed by atoms with Crippen LogP contribution in [0.1, 0.15) is 38.3 Å². The zero-order valence-corrected chi connectivity index (χ0v) is 19.4. The predicted octanol–water partition coefficient (Wildman–Crippen LogP) is 8.51. The molecule has 0 aromatic heterocycles. The van der Waals surface area contributed by atoms with E-state index in [2.05, 4.69) is 4.74 Å². The number of rotatable bonds is 11. The molecule has 216 valence electrons. The molecule has 37 heavy (non-hydrogen) atoms. The van der Waals surface area contributed by atoms with Crippen molar-refractivity contribution in [1.82, 2.24) is 0 Å². The van der Waals surface area contributed by atoms with Crippen LogP contribution < -0.4 is 0 Å². The molecule has 0 aliphatic carbocycles. The van der Waals surface area contributed by atoms with Crippen LogP contribution in [0, 0.1) is 5.92 Å². The van der Waals surface area contributed by atoms with Gasteiger partial charge in [-0.05, 0) is 30.4 Å². The smallest absolute Gasteiger partial charge is 0.374 e. The summed E-state index contributed by atoms with van der Waals surface area (Å²) < 4.78 is 206. The predicted molar refractivity (Wildman–Crippen MR) is 99.7 cm³/mol. The minimum Gasteiger partial charge on any atom is -0.374 e. The van der Waals surface area contributed by atoms with E-state index in [9.17, 15) is 65.9 Å². The molecule has 0 heterocycles. The summed E-state index contributed by atoms with van der Waals surface area (Å²) in [5.41, 5.74) is -2.46. The number of benzene rings is 1. The third-order valence-electron chi connectivity index (χ3n) is 5.61. The van der Waals surface area contributed by atoms with Crippen molar-refractivity contribution in [2.75, 3.05) is 7.11 Å². The first-order chi connectivity index (χ1) is 16.2. The number of halogens is 15. The molecule has 0 saturated carbocycles. The Morgan fingerprint density at radius 2 is 1.00 bits per heavy atom. The Bertz CT molecular complexity index is 919. The van der Waals surface area contributed by atoms with Crippen molar-refractivity contribution in [2.24, 2.45) is 5.92 Å². The van der Waals surface area contributed by atoms with Gasteiger partial charge < -0.3 is 4.74 Å². The Kier molecular flexibility index (Phi) is 8.70. The van der Waals surface area contributed by atoms with Crippen molar-refractivity contribution in [1.29, 1.82) is 0 Å². The minimum atomic E-state index is -8.31. The van der Waals surface area contributed by atoms with Crippen LogP contribution >= 0.6 is 0 Å². The zero-order chi connectivity index (χ0) is 29.7. The Morgan fingerprint density at radius 1 is 0.622 bits per heavy atom. The highest BCUT2D eigenvalue weighted by Gasteiger charge is 2.93. The van der Waals surface area contributed by atoms with E-state index >= 15 is 0 Å². The molecule has 1 aromatic carbocycles. The topological polar surface area (TPSA) is 9.23 Å². The van der Waals surface area contributed by atoms with Gasteiger partial charge in [0, 0.05) is 7.11 Å². The van der Waals surface area contributed by atoms with E-state index < -0.39 is 53.7 Å². The van der Waals surface area contributed by atoms with Crippen molar-refractivity contribution < 1.29 is 70.6 Å². The van der Waals surface area contributed by atoms with Gasteiger partial charge in [0.2, 0.25) is 0 Å². The van der Waals surface area contributed by atoms with Crippen molar-refractivity contribution >= 4 is 0 Å². The number of hydrogen-bond acceptors (Lipinski definition) is 1. The highest BCUT2D eigenvalue weighted by Crippen LogP contribution is 2.63. The second kappa shape index (κ2) is 9.70. The van der Waals surface area contributed by atoms with Gasteiger partial charge in [0.25, 0.3) is 0 Å². The van der Waals surface area contributed by atoms with Crippen LogP contribution in [-0.4, -0.2) is 48.8 Å². The van der Waals surface area contributed by atoms with Crippen LogP contribution in [0.15, 0.2) is 24.3 Å². The Hall–Kier alpha value is -1.87. The van der Waals surface area contributed by atoms with Crippen LogP contribution in [0.2, 0.25) is 0 Å². The summed E-state index contributed by atoms with van der Waals surface area (Å²) >= 11 is 0. The second-order valence-electron chi connectivity index (χ2n) is 8.98. The minimum absolute atomic E-state index is 0.106. The third-order valence-corrected chi connectivity index (χ3v) is 5.61. The molecule has 1 aromatic rings. The summed E-state index contributed by atoms with van der Waals surface area (Å²) in [6.45, 7) is 4.23. The van der Waals surface area contributed by atoms with Gasteiger partial charge in [-0.3, -0.25) is 0 Å². The van der Waals surface area contributed by atoms with Gasteiger partial charge in [-0.1, -0.05) is 38.1 Å². The van der Waals surface area contributed by atoms with Gasteiger partial charge >= 0.3 is 41.7 Å². The molecule has 1 unspecified atom stereocenters. The first-order valence-electron chi connectivity index (χ1n) is 10.1. The maximum absolute atomic E-state index is 14.5. The Labute approximate surface area is 201 Å². The van der Waals surface area contributed by atoms with E-state index in [1.807, 2.05) is 0 Å². The number of ether oxygens (including phenoxy) is 1. The lowest BCUT2D eigenvalue weighted by Gasteiger charge is -2.43. The number of alkyl halides is 15. The molecule has 0 N–H and O–H groups in total. The maximum Gasteiger partial charge on any atom is 0.460 e. The van der Waals surface area contributed by atoms with Gasteiger partial charge in [0.1, 0.15) is 0 Å². The molecule has 0 spiro atoms. The zero-order valence-electron chi connectivity index (χ0n) is 19.4. The van der Waals surface area contributed by atoms with E-state index in [4.69, 9.17) is 0 Å². The first-order valence-corrected chi connectivity index (χ1v) is 10.1. The Balaban J connectivity index is 3.53. The lowest BCUT2D eigenvalue weighted by atomic mass is 9.83. The maximum atomic E-state index is 14.5. The summed E-state index contributed by atoms with van der Waals surface area (Å²) in [5, 5.41) is 0. The molecule has 0 fully saturated rings. The fourth-order valence-corrected chi connectivity index (χ4v) is 3.29. The molecule has 1 nitrogen and oxygen atoms in total. The average Bonchev–Trinajstić information content (AvgIpc) is 2.71. The fraction of sp³-hybridized carbons (Fsp3) is 0.714. The van der Waals surface area contributed by atoms with E-state index in [-0.39, 0.29) is 11.5 Å². The highest BCUT2D eigenvalue weighted by atomic mass is 19.4. The molecule has 0 bridgehead atoms. The van der Waals surface area contributed by atoms with Crippen LogP contribution in [0.3, 0.4) is 0 Å². The lowest BCUT2D eigenvalue weighted by Crippen LogP contribution is -2.72. The van der Waals surface area contributed by atoms with Crippen LogP contribution in [-0.2, 0) is 16.8 Å². The van der Waals surface area contributed by atoms with Gasteiger partial charge in [0.05, 0.1) is 12.0 Å². The van der Waals surface area contributed by atoms with E-state index in [0.717, 1.165) is 12.1 Å². The molecule has 16 heteroatoms. The summed E-state index contributed by atoms with van der Waals surface area (Å²) in [6.07, 6.45) is -9.78. The quantitative estimate of drug-likeness (QED) is 0.241. The van der Waals surface area contributed by atoms with Crippen LogP contribution in [0.25, 0.3) is 0 Å². The fourth-order valence-electron chi connectivity index (χ4n) is 3.29. The highest BCUT2D eigenvalue weighted by molar-refractivity contribution is 5.28. The van der Waals surface area contributed by atoms with Crippen molar-refractivity contribution in [2.45, 2.75) is 80.9 Å². The third kappa shape index (κ3) is 5.35. The largest absolute Gasteiger partial charge is 0.460 e. The molecule has 1 rings (SSSR count). The second-order valence-corrected chi connectivity index (χ2v) is 8.98. The van der Waals surface area contributed by atoms with Gasteiger partial charge in [-0.15, -0.1) is 0 Å². The van der Waals surface area contributed by atoms with E-state index in [1.165, 1.54) is 12.1 Å². The number of methoxy groups -OCH3 is 1. The van der Waals surface area contributed by atoms with Crippen LogP contribution in [0.5, 0.6) is 0 Å². The van der Waals surface area contributed by atoms with E-state index in [1.54, 1.807) is 13.8 Å². The first kappa shape index (κ1) is 33.2. The van der Waals surface area contributed by atoms with Crippen LogP contribution in [0.4, 0.5) is 65.9 Å². The summed E-state index contributed by atoms with van der Waals surface area (Å²) in [7, 11) is 0.626. The molecule has 0 radical (unpaired) electrons. The number of hydrogen-bond donors (Lipinski definition) is 0. The molecule has 0 aliphatic heterocycles. The molecular formula is C21H21F15O. The lowest BCUT2D eigenvalue weighted by molar-refractivity contribution is -0.453. The van der Waals surface area contributed by atoms with Gasteiger partial charge in [-0.25, -0.2) is 0 Å². The van der Waals surface area contributed by atoms with Gasteiger partial charge in [0.15, 0.2) is 0 Å². The summed E-state index contributed by atoms with van der Waals surface area (Å²) in [4.78, 5) is 0. The Morgan fingerprint density at radius 3 is 1.35 bits per heavy atom. The monoisotopic (exact) mass is 574 g/mol. The summed E-state index contributed by atoms with van der Waals surface area (Å²) in [6, 6.07) is 4.71. The summed E-state index contributed by atoms with van der Waals surface area (Å²) in [5.74, 6) is -46.6. The molecule has 0 saturated heterocycles. The van der Waals surface area contributed by atoms with Crippen molar-refractivity contribution in [3.8, 4) is 0 Å². The van der Waals surface area contributed by atoms with E-state index in [0.29, 0.717) is 26.0 Å².